The lowest BCUT2D eigenvalue weighted by Crippen LogP contribution is -1.98. The quantitative estimate of drug-likeness (QED) is 0.277. The smallest absolute Gasteiger partial charge is 0.291 e. The first-order valence-corrected chi connectivity index (χ1v) is 8.80. The van der Waals surface area contributed by atoms with Crippen LogP contribution in [-0.4, -0.2) is 26.5 Å². The minimum Gasteiger partial charge on any atom is -0.491 e. The number of benzene rings is 1. The van der Waals surface area contributed by atoms with E-state index in [-0.39, 0.29) is 0 Å². The minimum atomic E-state index is -1.50. The van der Waals surface area contributed by atoms with Crippen molar-refractivity contribution in [3.05, 3.63) is 62.6 Å². The number of unbranched alkanes of at least 4 members (excludes halogenated alkanes) is 3. The van der Waals surface area contributed by atoms with E-state index in [1.54, 1.807) is 18.6 Å². The maximum atomic E-state index is 8.36. The first-order valence-electron chi connectivity index (χ1n) is 8.04. The summed E-state index contributed by atoms with van der Waals surface area (Å²) in [6.07, 6.45) is 11.8. The summed E-state index contributed by atoms with van der Waals surface area (Å²) in [4.78, 5) is 12.4. The molecule has 0 fully saturated rings. The molecule has 142 valence electrons. The highest BCUT2D eigenvalue weighted by Gasteiger charge is 2.09. The molecule has 2 aromatic rings. The average Bonchev–Trinajstić information content (AvgIpc) is 3.06. The average molecular weight is 402 g/mol. The van der Waals surface area contributed by atoms with Gasteiger partial charge in [-0.2, -0.15) is 0 Å². The van der Waals surface area contributed by atoms with Crippen molar-refractivity contribution in [3.8, 4) is 0 Å². The van der Waals surface area contributed by atoms with Crippen LogP contribution in [0, 0.1) is 10.1 Å². The van der Waals surface area contributed by atoms with Gasteiger partial charge in [0.05, 0.1) is 24.2 Å². The number of aromatic nitrogens is 2. The predicted octanol–water partition coefficient (Wildman–Crippen LogP) is 5.39. The zero-order chi connectivity index (χ0) is 19.4. The number of ether oxygens (including phenoxy) is 1. The molecule has 2 rings (SSSR count). The Balaban J connectivity index is 0.000000765. The number of rotatable bonds is 8. The maximum Gasteiger partial charge on any atom is 0.291 e. The summed E-state index contributed by atoms with van der Waals surface area (Å²) >= 11 is 12.3. The van der Waals surface area contributed by atoms with Crippen LogP contribution in [0.2, 0.25) is 10.0 Å². The highest BCUT2D eigenvalue weighted by atomic mass is 35.5. The normalized spacial score (nSPS) is 10.8. The second kappa shape index (κ2) is 12.2. The molecule has 26 heavy (non-hydrogen) atoms. The summed E-state index contributed by atoms with van der Waals surface area (Å²) in [5, 5.41) is 14.8. The fraction of sp³-hybridized carbons (Fsp3) is 0.353. The molecule has 1 heterocycles. The molecule has 0 spiro atoms. The van der Waals surface area contributed by atoms with Crippen LogP contribution in [0.3, 0.4) is 0 Å². The lowest BCUT2D eigenvalue weighted by molar-refractivity contribution is -0.742. The fourth-order valence-corrected chi connectivity index (χ4v) is 2.57. The monoisotopic (exact) mass is 401 g/mol. The summed E-state index contributed by atoms with van der Waals surface area (Å²) in [7, 11) is 0. The van der Waals surface area contributed by atoms with E-state index in [1.165, 1.54) is 19.3 Å². The Morgan fingerprint density at radius 3 is 2.69 bits per heavy atom. The molecule has 0 saturated carbocycles. The Hall–Kier alpha value is -2.25. The first-order chi connectivity index (χ1) is 12.4. The van der Waals surface area contributed by atoms with Gasteiger partial charge in [0.15, 0.2) is 0 Å². The molecule has 7 nitrogen and oxygen atoms in total. The Labute approximate surface area is 161 Å². The van der Waals surface area contributed by atoms with Crippen molar-refractivity contribution in [1.29, 1.82) is 0 Å². The molecular weight excluding hydrogens is 381 g/mol. The van der Waals surface area contributed by atoms with Crippen LogP contribution < -0.4 is 0 Å². The van der Waals surface area contributed by atoms with Gasteiger partial charge < -0.3 is 14.5 Å². The fourth-order valence-electron chi connectivity index (χ4n) is 2.07. The number of halogens is 2. The van der Waals surface area contributed by atoms with Crippen molar-refractivity contribution in [2.45, 2.75) is 32.6 Å². The highest BCUT2D eigenvalue weighted by molar-refractivity contribution is 6.35. The summed E-state index contributed by atoms with van der Waals surface area (Å²) in [5.41, 5.74) is 0.829. The van der Waals surface area contributed by atoms with Crippen molar-refractivity contribution in [2.75, 3.05) is 6.61 Å². The third kappa shape index (κ3) is 8.73. The van der Waals surface area contributed by atoms with Gasteiger partial charge >= 0.3 is 0 Å². The summed E-state index contributed by atoms with van der Waals surface area (Å²) in [6, 6.07) is 5.41. The SMILES string of the molecule is CCCCCCO/C(=C\n1ccnc1)c1ccc(Cl)cc1Cl.O=[N+]([O-])O. The Morgan fingerprint density at radius 2 is 2.12 bits per heavy atom. The summed E-state index contributed by atoms with van der Waals surface area (Å²) in [6.45, 7) is 2.86. The van der Waals surface area contributed by atoms with Crippen LogP contribution in [0.15, 0.2) is 36.9 Å². The predicted molar refractivity (Wildman–Crippen MR) is 102 cm³/mol. The highest BCUT2D eigenvalue weighted by Crippen LogP contribution is 2.28. The molecule has 0 aliphatic rings. The molecule has 0 aliphatic carbocycles. The van der Waals surface area contributed by atoms with E-state index in [9.17, 15) is 0 Å². The van der Waals surface area contributed by atoms with Gasteiger partial charge in [-0.05, 0) is 24.6 Å². The first kappa shape index (κ1) is 21.8. The summed E-state index contributed by atoms with van der Waals surface area (Å²) < 4.78 is 7.79. The van der Waals surface area contributed by atoms with Gasteiger partial charge in [-0.1, -0.05) is 49.4 Å². The zero-order valence-corrected chi connectivity index (χ0v) is 15.9. The van der Waals surface area contributed by atoms with Gasteiger partial charge in [0, 0.05) is 23.0 Å². The topological polar surface area (TPSA) is 90.4 Å². The standard InChI is InChI=1S/C17H20Cl2N2O.HNO3/c1-2-3-4-5-10-22-17(12-21-9-8-20-13-21)15-7-6-14(18)11-16(15)19;2-1(3)4/h6-9,11-13H,2-5,10H2,1H3;(H,2,3,4)/b17-12-;. The van der Waals surface area contributed by atoms with Gasteiger partial charge in [0.1, 0.15) is 5.76 Å². The van der Waals surface area contributed by atoms with Crippen molar-refractivity contribution in [3.63, 3.8) is 0 Å². The van der Waals surface area contributed by atoms with Crippen LogP contribution in [0.4, 0.5) is 0 Å². The Bertz CT molecular complexity index is 702. The lowest BCUT2D eigenvalue weighted by atomic mass is 10.2. The molecule has 1 aromatic carbocycles. The molecule has 9 heteroatoms. The molecule has 0 unspecified atom stereocenters. The molecule has 0 amide bonds. The van der Waals surface area contributed by atoms with Crippen LogP contribution in [0.5, 0.6) is 0 Å². The van der Waals surface area contributed by atoms with Gasteiger partial charge in [0.2, 0.25) is 0 Å². The molecule has 1 aromatic heterocycles. The number of nitrogens with zero attached hydrogens (tertiary/aromatic N) is 3. The van der Waals surface area contributed by atoms with E-state index in [2.05, 4.69) is 11.9 Å². The van der Waals surface area contributed by atoms with E-state index in [0.29, 0.717) is 16.7 Å². The van der Waals surface area contributed by atoms with E-state index in [1.807, 2.05) is 29.1 Å². The molecular formula is C17H21Cl2N3O4. The van der Waals surface area contributed by atoms with E-state index >= 15 is 0 Å². The van der Waals surface area contributed by atoms with E-state index in [4.69, 9.17) is 43.3 Å². The lowest BCUT2D eigenvalue weighted by Gasteiger charge is -2.13. The molecule has 1 N–H and O–H groups in total. The van der Waals surface area contributed by atoms with Crippen LogP contribution in [0.25, 0.3) is 12.0 Å². The maximum absolute atomic E-state index is 8.36. The molecule has 0 bridgehead atoms. The Morgan fingerprint density at radius 1 is 1.38 bits per heavy atom. The van der Waals surface area contributed by atoms with Gasteiger partial charge in [-0.3, -0.25) is 0 Å². The number of hydrogen-bond donors (Lipinski definition) is 1. The molecule has 0 saturated heterocycles. The van der Waals surface area contributed by atoms with Crippen molar-refractivity contribution < 1.29 is 15.0 Å². The number of hydrogen-bond acceptors (Lipinski definition) is 4. The molecule has 0 aliphatic heterocycles. The van der Waals surface area contributed by atoms with Crippen molar-refractivity contribution in [1.82, 2.24) is 9.55 Å². The number of imidazole rings is 1. The van der Waals surface area contributed by atoms with Gasteiger partial charge in [0.25, 0.3) is 5.09 Å². The largest absolute Gasteiger partial charge is 0.491 e. The van der Waals surface area contributed by atoms with Crippen LogP contribution in [-0.2, 0) is 4.74 Å². The zero-order valence-electron chi connectivity index (χ0n) is 14.3. The third-order valence-electron chi connectivity index (χ3n) is 3.24. The van der Waals surface area contributed by atoms with Crippen LogP contribution >= 0.6 is 23.2 Å². The van der Waals surface area contributed by atoms with Crippen LogP contribution in [0.1, 0.15) is 38.2 Å². The second-order valence-corrected chi connectivity index (χ2v) is 6.12. The van der Waals surface area contributed by atoms with Gasteiger partial charge in [-0.25, -0.2) is 4.98 Å². The van der Waals surface area contributed by atoms with Gasteiger partial charge in [-0.15, -0.1) is 10.1 Å². The second-order valence-electron chi connectivity index (χ2n) is 5.27. The molecule has 0 radical (unpaired) electrons. The van der Waals surface area contributed by atoms with E-state index < -0.39 is 5.09 Å². The third-order valence-corrected chi connectivity index (χ3v) is 3.79. The Kier molecular flexibility index (Phi) is 10.2. The van der Waals surface area contributed by atoms with Crippen molar-refractivity contribution in [2.24, 2.45) is 0 Å². The van der Waals surface area contributed by atoms with Crippen molar-refractivity contribution >= 4 is 35.2 Å². The molecule has 0 atom stereocenters. The minimum absolute atomic E-state index is 0.576. The van der Waals surface area contributed by atoms with E-state index in [0.717, 1.165) is 17.7 Å². The summed E-state index contributed by atoms with van der Waals surface area (Å²) in [5.74, 6) is 0.719.